The van der Waals surface area contributed by atoms with E-state index in [0.717, 1.165) is 18.7 Å². The van der Waals surface area contributed by atoms with Crippen LogP contribution in [0.2, 0.25) is 0 Å². The van der Waals surface area contributed by atoms with Gasteiger partial charge in [0.15, 0.2) is 11.5 Å². The molecule has 1 fully saturated rings. The second kappa shape index (κ2) is 3.82. The van der Waals surface area contributed by atoms with Crippen LogP contribution in [0.15, 0.2) is 18.3 Å². The summed E-state index contributed by atoms with van der Waals surface area (Å²) in [5, 5.41) is 17.1. The minimum absolute atomic E-state index is 0.0212. The van der Waals surface area contributed by atoms with Crippen molar-refractivity contribution in [3.05, 3.63) is 29.7 Å². The van der Waals surface area contributed by atoms with Crippen LogP contribution < -0.4 is 0 Å². The number of fused-ring (bicyclic) bond motifs is 1. The van der Waals surface area contributed by atoms with E-state index in [0.29, 0.717) is 11.2 Å². The zero-order valence-electron chi connectivity index (χ0n) is 9.50. The second-order valence-electron chi connectivity index (χ2n) is 4.33. The minimum Gasteiger partial charge on any atom is -0.367 e. The quantitative estimate of drug-likeness (QED) is 0.747. The highest BCUT2D eigenvalue weighted by atomic mass is 16.5. The van der Waals surface area contributed by atoms with Crippen molar-refractivity contribution in [1.29, 1.82) is 5.26 Å². The van der Waals surface area contributed by atoms with Crippen molar-refractivity contribution in [3.8, 4) is 6.07 Å². The first-order valence-corrected chi connectivity index (χ1v) is 5.68. The Labute approximate surface area is 98.6 Å². The van der Waals surface area contributed by atoms with E-state index >= 15 is 0 Å². The Hall–Kier alpha value is -1.93. The Bertz CT molecular complexity index is 598. The normalized spacial score (nSPS) is 24.0. The zero-order valence-corrected chi connectivity index (χ0v) is 9.50. The van der Waals surface area contributed by atoms with Gasteiger partial charge in [0.25, 0.3) is 0 Å². The van der Waals surface area contributed by atoms with Gasteiger partial charge in [0.2, 0.25) is 0 Å². The number of ether oxygens (including phenoxy) is 1. The standard InChI is InChI=1S/C12H12N4O/c1-8-2-3-10(17-8)12-15-14-11-6-9(7-13)4-5-16(11)12/h4-6,8,10H,2-3H2,1H3. The van der Waals surface area contributed by atoms with Crippen LogP contribution in [-0.4, -0.2) is 20.7 Å². The third-order valence-electron chi connectivity index (χ3n) is 3.09. The fourth-order valence-electron chi connectivity index (χ4n) is 2.19. The number of nitrogens with zero attached hydrogens (tertiary/aromatic N) is 4. The third-order valence-corrected chi connectivity index (χ3v) is 3.09. The molecule has 3 rings (SSSR count). The number of rotatable bonds is 1. The summed E-state index contributed by atoms with van der Waals surface area (Å²) in [4.78, 5) is 0. The van der Waals surface area contributed by atoms with Crippen LogP contribution in [0.25, 0.3) is 5.65 Å². The van der Waals surface area contributed by atoms with Crippen LogP contribution in [0.5, 0.6) is 0 Å². The van der Waals surface area contributed by atoms with Crippen LogP contribution in [-0.2, 0) is 4.74 Å². The number of hydrogen-bond acceptors (Lipinski definition) is 4. The largest absolute Gasteiger partial charge is 0.367 e. The maximum atomic E-state index is 8.82. The summed E-state index contributed by atoms with van der Waals surface area (Å²) in [6.07, 6.45) is 4.16. The summed E-state index contributed by atoms with van der Waals surface area (Å²) in [5.74, 6) is 0.828. The summed E-state index contributed by atoms with van der Waals surface area (Å²) in [6.45, 7) is 2.07. The molecule has 1 saturated heterocycles. The van der Waals surface area contributed by atoms with E-state index in [-0.39, 0.29) is 12.2 Å². The van der Waals surface area contributed by atoms with E-state index in [1.165, 1.54) is 0 Å². The van der Waals surface area contributed by atoms with Gasteiger partial charge < -0.3 is 4.74 Å². The molecular weight excluding hydrogens is 216 g/mol. The van der Waals surface area contributed by atoms with Gasteiger partial charge in [-0.3, -0.25) is 4.40 Å². The van der Waals surface area contributed by atoms with E-state index in [4.69, 9.17) is 10.00 Å². The minimum atomic E-state index is 0.0212. The fraction of sp³-hybridized carbons (Fsp3) is 0.417. The first kappa shape index (κ1) is 10.2. The van der Waals surface area contributed by atoms with Crippen LogP contribution in [0.1, 0.15) is 37.3 Å². The summed E-state index contributed by atoms with van der Waals surface area (Å²) in [5.41, 5.74) is 1.29. The van der Waals surface area contributed by atoms with E-state index in [1.807, 2.05) is 10.6 Å². The van der Waals surface area contributed by atoms with Crippen molar-refractivity contribution < 1.29 is 4.74 Å². The SMILES string of the molecule is CC1CCC(c2nnc3cc(C#N)ccn23)O1. The molecular formula is C12H12N4O. The van der Waals surface area contributed by atoms with Crippen LogP contribution in [0, 0.1) is 11.3 Å². The molecule has 0 radical (unpaired) electrons. The van der Waals surface area contributed by atoms with E-state index in [9.17, 15) is 0 Å². The van der Waals surface area contributed by atoms with Crippen LogP contribution in [0.3, 0.4) is 0 Å². The Morgan fingerprint density at radius 2 is 2.35 bits per heavy atom. The summed E-state index contributed by atoms with van der Waals surface area (Å²) in [6, 6.07) is 5.59. The van der Waals surface area contributed by atoms with Crippen molar-refractivity contribution in [3.63, 3.8) is 0 Å². The molecule has 2 aromatic rings. The van der Waals surface area contributed by atoms with Gasteiger partial charge in [-0.1, -0.05) is 0 Å². The van der Waals surface area contributed by atoms with Gasteiger partial charge in [0.05, 0.1) is 17.7 Å². The van der Waals surface area contributed by atoms with Gasteiger partial charge in [-0.05, 0) is 25.8 Å². The maximum absolute atomic E-state index is 8.82. The molecule has 86 valence electrons. The van der Waals surface area contributed by atoms with E-state index < -0.39 is 0 Å². The molecule has 0 saturated carbocycles. The first-order chi connectivity index (χ1) is 8.28. The van der Waals surface area contributed by atoms with Gasteiger partial charge in [-0.25, -0.2) is 0 Å². The first-order valence-electron chi connectivity index (χ1n) is 5.68. The Kier molecular flexibility index (Phi) is 2.30. The lowest BCUT2D eigenvalue weighted by Gasteiger charge is -2.08. The van der Waals surface area contributed by atoms with E-state index in [1.54, 1.807) is 12.1 Å². The molecule has 3 heterocycles. The number of pyridine rings is 1. The molecule has 0 spiro atoms. The molecule has 0 amide bonds. The Morgan fingerprint density at radius 3 is 3.06 bits per heavy atom. The average molecular weight is 228 g/mol. The predicted molar refractivity (Wildman–Crippen MR) is 60.2 cm³/mol. The Morgan fingerprint density at radius 1 is 1.47 bits per heavy atom. The van der Waals surface area contributed by atoms with Gasteiger partial charge >= 0.3 is 0 Å². The van der Waals surface area contributed by atoms with Gasteiger partial charge in [0, 0.05) is 12.3 Å². The molecule has 0 N–H and O–H groups in total. The van der Waals surface area contributed by atoms with Crippen molar-refractivity contribution in [1.82, 2.24) is 14.6 Å². The summed E-state index contributed by atoms with van der Waals surface area (Å²) < 4.78 is 7.67. The zero-order chi connectivity index (χ0) is 11.8. The smallest absolute Gasteiger partial charge is 0.166 e. The van der Waals surface area contributed by atoms with Crippen molar-refractivity contribution in [2.45, 2.75) is 32.0 Å². The Balaban J connectivity index is 2.04. The second-order valence-corrected chi connectivity index (χ2v) is 4.33. The monoisotopic (exact) mass is 228 g/mol. The lowest BCUT2D eigenvalue weighted by molar-refractivity contribution is 0.0497. The highest BCUT2D eigenvalue weighted by Gasteiger charge is 2.27. The maximum Gasteiger partial charge on any atom is 0.166 e. The van der Waals surface area contributed by atoms with Gasteiger partial charge in [-0.15, -0.1) is 10.2 Å². The number of aromatic nitrogens is 3. The highest BCUT2D eigenvalue weighted by molar-refractivity contribution is 5.45. The average Bonchev–Trinajstić information content (AvgIpc) is 2.93. The molecule has 2 aromatic heterocycles. The molecule has 0 bridgehead atoms. The van der Waals surface area contributed by atoms with Crippen molar-refractivity contribution in [2.75, 3.05) is 0 Å². The molecule has 1 aliphatic heterocycles. The molecule has 2 atom stereocenters. The molecule has 5 nitrogen and oxygen atoms in total. The molecule has 0 aromatic carbocycles. The fourth-order valence-corrected chi connectivity index (χ4v) is 2.19. The van der Waals surface area contributed by atoms with Crippen LogP contribution >= 0.6 is 0 Å². The number of nitriles is 1. The molecule has 0 aliphatic carbocycles. The van der Waals surface area contributed by atoms with E-state index in [2.05, 4.69) is 23.2 Å². The lowest BCUT2D eigenvalue weighted by atomic mass is 10.2. The predicted octanol–water partition coefficient (Wildman–Crippen LogP) is 1.84. The molecule has 5 heteroatoms. The third kappa shape index (κ3) is 1.67. The lowest BCUT2D eigenvalue weighted by Crippen LogP contribution is -2.05. The summed E-state index contributed by atoms with van der Waals surface area (Å²) >= 11 is 0. The van der Waals surface area contributed by atoms with Gasteiger partial charge in [-0.2, -0.15) is 5.26 Å². The topological polar surface area (TPSA) is 63.2 Å². The van der Waals surface area contributed by atoms with Gasteiger partial charge in [0.1, 0.15) is 6.10 Å². The summed E-state index contributed by atoms with van der Waals surface area (Å²) in [7, 11) is 0. The molecule has 17 heavy (non-hydrogen) atoms. The van der Waals surface area contributed by atoms with Crippen molar-refractivity contribution in [2.24, 2.45) is 0 Å². The highest BCUT2D eigenvalue weighted by Crippen LogP contribution is 2.31. The molecule has 1 aliphatic rings. The number of hydrogen-bond donors (Lipinski definition) is 0. The molecule has 2 unspecified atom stereocenters. The van der Waals surface area contributed by atoms with Crippen LogP contribution in [0.4, 0.5) is 0 Å². The van der Waals surface area contributed by atoms with Crippen molar-refractivity contribution >= 4 is 5.65 Å².